The number of thiazole rings is 1. The van der Waals surface area contributed by atoms with Crippen LogP contribution in [-0.2, 0) is 16.6 Å². The van der Waals surface area contributed by atoms with Crippen molar-refractivity contribution in [3.63, 3.8) is 0 Å². The van der Waals surface area contributed by atoms with Crippen molar-refractivity contribution in [2.45, 2.75) is 37.6 Å². The zero-order valence-electron chi connectivity index (χ0n) is 17.3. The third-order valence-corrected chi connectivity index (χ3v) is 8.60. The Hall–Kier alpha value is -1.81. The van der Waals surface area contributed by atoms with Crippen molar-refractivity contribution in [3.8, 4) is 0 Å². The molecule has 2 fully saturated rings. The first-order valence-electron chi connectivity index (χ1n) is 10.5. The highest BCUT2D eigenvalue weighted by atomic mass is 32.2. The normalized spacial score (nSPS) is 19.2. The molecule has 4 rings (SSSR count). The first-order valence-corrected chi connectivity index (χ1v) is 12.8. The Balaban J connectivity index is 1.35. The van der Waals surface area contributed by atoms with E-state index in [1.54, 1.807) is 39.9 Å². The molecule has 9 heteroatoms. The molecule has 2 aliphatic heterocycles. The number of aromatic nitrogens is 1. The van der Waals surface area contributed by atoms with E-state index in [2.05, 4.69) is 15.3 Å². The van der Waals surface area contributed by atoms with E-state index in [-0.39, 0.29) is 10.8 Å². The summed E-state index contributed by atoms with van der Waals surface area (Å²) < 4.78 is 27.1. The molecular weight excluding hydrogens is 420 g/mol. The smallest absolute Gasteiger partial charge is 0.253 e. The number of carbonyl (C=O) groups is 1. The van der Waals surface area contributed by atoms with Gasteiger partial charge in [0.25, 0.3) is 5.91 Å². The van der Waals surface area contributed by atoms with Gasteiger partial charge < -0.3 is 4.90 Å². The van der Waals surface area contributed by atoms with Crippen LogP contribution in [0.1, 0.15) is 40.3 Å². The molecule has 162 valence electrons. The van der Waals surface area contributed by atoms with Gasteiger partial charge in [-0.15, -0.1) is 11.3 Å². The van der Waals surface area contributed by atoms with Crippen LogP contribution >= 0.6 is 11.3 Å². The second kappa shape index (κ2) is 9.13. The number of piperazine rings is 1. The van der Waals surface area contributed by atoms with Crippen LogP contribution in [0.2, 0.25) is 0 Å². The number of carbonyl (C=O) groups excluding carboxylic acids is 1. The van der Waals surface area contributed by atoms with E-state index >= 15 is 0 Å². The van der Waals surface area contributed by atoms with Gasteiger partial charge in [-0.2, -0.15) is 4.31 Å². The molecule has 0 unspecified atom stereocenters. The fourth-order valence-electron chi connectivity index (χ4n) is 3.98. The summed E-state index contributed by atoms with van der Waals surface area (Å²) in [6, 6.07) is 6.42. The van der Waals surface area contributed by atoms with Crippen LogP contribution in [0.15, 0.2) is 34.5 Å². The maximum Gasteiger partial charge on any atom is 0.253 e. The highest BCUT2D eigenvalue weighted by Crippen LogP contribution is 2.21. The van der Waals surface area contributed by atoms with Crippen molar-refractivity contribution in [2.75, 3.05) is 39.3 Å². The van der Waals surface area contributed by atoms with Crippen LogP contribution in [0.25, 0.3) is 0 Å². The molecule has 1 aromatic heterocycles. The number of benzene rings is 1. The quantitative estimate of drug-likeness (QED) is 0.703. The fraction of sp³-hybridized carbons (Fsp3) is 0.524. The molecule has 2 saturated heterocycles. The number of piperidine rings is 1. The Morgan fingerprint density at radius 1 is 1.00 bits per heavy atom. The van der Waals surface area contributed by atoms with Crippen molar-refractivity contribution < 1.29 is 13.2 Å². The molecular formula is C21H28N4O3S2. The van der Waals surface area contributed by atoms with E-state index in [1.165, 1.54) is 0 Å². The predicted octanol–water partition coefficient (Wildman–Crippen LogP) is 2.58. The van der Waals surface area contributed by atoms with E-state index in [0.717, 1.165) is 49.6 Å². The monoisotopic (exact) mass is 448 g/mol. The number of amides is 1. The molecule has 1 aromatic carbocycles. The standard InChI is InChI=1S/C21H28N4O3S2/c1-17-16-29-20(22-17)15-23-11-13-24(14-12-23)21(26)18-5-7-19(8-6-18)30(27,28)25-9-3-2-4-10-25/h5-8,16H,2-4,9-15H2,1H3. The highest BCUT2D eigenvalue weighted by Gasteiger charge is 2.27. The topological polar surface area (TPSA) is 73.8 Å². The fourth-order valence-corrected chi connectivity index (χ4v) is 6.31. The van der Waals surface area contributed by atoms with Gasteiger partial charge in [-0.05, 0) is 44.0 Å². The van der Waals surface area contributed by atoms with Gasteiger partial charge >= 0.3 is 0 Å². The SMILES string of the molecule is Cc1csc(CN2CCN(C(=O)c3ccc(S(=O)(=O)N4CCCCC4)cc3)CC2)n1. The molecule has 7 nitrogen and oxygen atoms in total. The van der Waals surface area contributed by atoms with Gasteiger partial charge in [0, 0.05) is 55.9 Å². The molecule has 0 N–H and O–H groups in total. The maximum atomic E-state index is 12.9. The maximum absolute atomic E-state index is 12.9. The summed E-state index contributed by atoms with van der Waals surface area (Å²) in [4.78, 5) is 21.8. The number of sulfonamides is 1. The molecule has 0 saturated carbocycles. The third-order valence-electron chi connectivity index (χ3n) is 5.74. The van der Waals surface area contributed by atoms with Crippen molar-refractivity contribution in [1.82, 2.24) is 19.1 Å². The number of aryl methyl sites for hydroxylation is 1. The van der Waals surface area contributed by atoms with Gasteiger partial charge in [0.05, 0.1) is 11.4 Å². The van der Waals surface area contributed by atoms with E-state index in [1.807, 2.05) is 11.8 Å². The molecule has 0 spiro atoms. The lowest BCUT2D eigenvalue weighted by molar-refractivity contribution is 0.0628. The lowest BCUT2D eigenvalue weighted by atomic mass is 10.2. The van der Waals surface area contributed by atoms with Crippen LogP contribution < -0.4 is 0 Å². The second-order valence-corrected chi connectivity index (χ2v) is 10.8. The lowest BCUT2D eigenvalue weighted by Crippen LogP contribution is -2.48. The minimum Gasteiger partial charge on any atom is -0.336 e. The summed E-state index contributed by atoms with van der Waals surface area (Å²) in [5, 5.41) is 3.17. The van der Waals surface area contributed by atoms with Gasteiger partial charge in [0.2, 0.25) is 10.0 Å². The molecule has 0 aliphatic carbocycles. The average molecular weight is 449 g/mol. The second-order valence-electron chi connectivity index (χ2n) is 7.94. The summed E-state index contributed by atoms with van der Waals surface area (Å²) in [7, 11) is -3.47. The molecule has 30 heavy (non-hydrogen) atoms. The van der Waals surface area contributed by atoms with Gasteiger partial charge in [0.15, 0.2) is 0 Å². The van der Waals surface area contributed by atoms with Gasteiger partial charge in [-0.3, -0.25) is 9.69 Å². The van der Waals surface area contributed by atoms with Crippen molar-refractivity contribution in [2.24, 2.45) is 0 Å². The Labute approximate surface area is 182 Å². The third kappa shape index (κ3) is 4.74. The molecule has 2 aliphatic rings. The van der Waals surface area contributed by atoms with Gasteiger partial charge in [-0.1, -0.05) is 6.42 Å². The van der Waals surface area contributed by atoms with Gasteiger partial charge in [-0.25, -0.2) is 13.4 Å². The summed E-state index contributed by atoms with van der Waals surface area (Å²) in [6.07, 6.45) is 2.89. The molecule has 0 bridgehead atoms. The molecule has 3 heterocycles. The Kier molecular flexibility index (Phi) is 6.52. The van der Waals surface area contributed by atoms with Crippen LogP contribution in [0.4, 0.5) is 0 Å². The summed E-state index contributed by atoms with van der Waals surface area (Å²) >= 11 is 1.67. The van der Waals surface area contributed by atoms with Crippen LogP contribution in [0, 0.1) is 6.92 Å². The molecule has 0 atom stereocenters. The number of hydrogen-bond acceptors (Lipinski definition) is 6. The average Bonchev–Trinajstić information content (AvgIpc) is 3.19. The van der Waals surface area contributed by atoms with Crippen molar-refractivity contribution >= 4 is 27.3 Å². The zero-order chi connectivity index (χ0) is 21.1. The van der Waals surface area contributed by atoms with E-state index in [0.29, 0.717) is 31.7 Å². The largest absolute Gasteiger partial charge is 0.336 e. The number of nitrogens with zero attached hydrogens (tertiary/aromatic N) is 4. The van der Waals surface area contributed by atoms with Crippen LogP contribution in [0.3, 0.4) is 0 Å². The van der Waals surface area contributed by atoms with Crippen molar-refractivity contribution in [3.05, 3.63) is 45.9 Å². The minimum absolute atomic E-state index is 0.0401. The first-order chi connectivity index (χ1) is 14.4. The Bertz CT molecular complexity index is 974. The van der Waals surface area contributed by atoms with E-state index < -0.39 is 10.0 Å². The van der Waals surface area contributed by atoms with E-state index in [9.17, 15) is 13.2 Å². The van der Waals surface area contributed by atoms with Crippen molar-refractivity contribution in [1.29, 1.82) is 0 Å². The highest BCUT2D eigenvalue weighted by molar-refractivity contribution is 7.89. The Morgan fingerprint density at radius 2 is 1.67 bits per heavy atom. The number of rotatable bonds is 5. The molecule has 2 aromatic rings. The van der Waals surface area contributed by atoms with Gasteiger partial charge in [0.1, 0.15) is 5.01 Å². The predicted molar refractivity (Wildman–Crippen MR) is 117 cm³/mol. The molecule has 1 amide bonds. The van der Waals surface area contributed by atoms with E-state index in [4.69, 9.17) is 0 Å². The van der Waals surface area contributed by atoms with Crippen LogP contribution in [0.5, 0.6) is 0 Å². The lowest BCUT2D eigenvalue weighted by Gasteiger charge is -2.34. The summed E-state index contributed by atoms with van der Waals surface area (Å²) in [5.41, 5.74) is 1.59. The zero-order valence-corrected chi connectivity index (χ0v) is 18.9. The first kappa shape index (κ1) is 21.4. The summed E-state index contributed by atoms with van der Waals surface area (Å²) in [6.45, 7) is 6.93. The minimum atomic E-state index is -3.47. The number of hydrogen-bond donors (Lipinski definition) is 0. The Morgan fingerprint density at radius 3 is 2.27 bits per heavy atom. The van der Waals surface area contributed by atoms with Crippen LogP contribution in [-0.4, -0.2) is 72.7 Å². The summed E-state index contributed by atoms with van der Waals surface area (Å²) in [5.74, 6) is -0.0401. The molecule has 0 radical (unpaired) electrons.